The van der Waals surface area contributed by atoms with E-state index in [4.69, 9.17) is 16.3 Å². The first-order chi connectivity index (χ1) is 8.07. The number of hydrogen-bond donors (Lipinski definition) is 1. The summed E-state index contributed by atoms with van der Waals surface area (Å²) in [5.41, 5.74) is 0.0575. The molecule has 1 heterocycles. The molecule has 0 unspecified atom stereocenters. The highest BCUT2D eigenvalue weighted by molar-refractivity contribution is 6.31. The summed E-state index contributed by atoms with van der Waals surface area (Å²) in [5.74, 6) is -0.601. The van der Waals surface area contributed by atoms with E-state index in [0.29, 0.717) is 25.3 Å². The molecule has 0 radical (unpaired) electrons. The van der Waals surface area contributed by atoms with Gasteiger partial charge in [0.2, 0.25) is 5.91 Å². The quantitative estimate of drug-likeness (QED) is 0.904. The lowest BCUT2D eigenvalue weighted by atomic mass is 9.82. The van der Waals surface area contributed by atoms with E-state index >= 15 is 0 Å². The van der Waals surface area contributed by atoms with Crippen LogP contribution in [0.15, 0.2) is 18.2 Å². The van der Waals surface area contributed by atoms with E-state index in [9.17, 15) is 9.18 Å². The maximum absolute atomic E-state index is 12.9. The van der Waals surface area contributed by atoms with Crippen molar-refractivity contribution < 1.29 is 13.9 Å². The number of halogens is 2. The lowest BCUT2D eigenvalue weighted by Gasteiger charge is -2.38. The van der Waals surface area contributed by atoms with Crippen LogP contribution in [-0.2, 0) is 9.53 Å². The van der Waals surface area contributed by atoms with Crippen LogP contribution in [0.3, 0.4) is 0 Å². The molecule has 17 heavy (non-hydrogen) atoms. The second-order valence-electron chi connectivity index (χ2n) is 4.21. The number of nitrogens with one attached hydrogen (secondary N) is 1. The molecule has 3 nitrogen and oxygen atoms in total. The van der Waals surface area contributed by atoms with Gasteiger partial charge in [0.05, 0.1) is 23.7 Å². The summed E-state index contributed by atoms with van der Waals surface area (Å²) in [6, 6.07) is 4.12. The summed E-state index contributed by atoms with van der Waals surface area (Å²) in [4.78, 5) is 12.0. The van der Waals surface area contributed by atoms with Crippen molar-refractivity contribution in [3.8, 4) is 0 Å². The minimum atomic E-state index is -0.498. The Morgan fingerprint density at radius 3 is 2.76 bits per heavy atom. The van der Waals surface area contributed by atoms with Gasteiger partial charge in [-0.3, -0.25) is 4.79 Å². The van der Waals surface area contributed by atoms with Gasteiger partial charge >= 0.3 is 0 Å². The molecule has 1 aromatic carbocycles. The maximum Gasteiger partial charge on any atom is 0.235 e. The van der Waals surface area contributed by atoms with Crippen molar-refractivity contribution in [3.63, 3.8) is 0 Å². The van der Waals surface area contributed by atoms with E-state index < -0.39 is 11.2 Å². The Morgan fingerprint density at radius 2 is 2.29 bits per heavy atom. The largest absolute Gasteiger partial charge is 0.379 e. The van der Waals surface area contributed by atoms with Crippen molar-refractivity contribution in [1.82, 2.24) is 0 Å². The number of benzene rings is 1. The van der Waals surface area contributed by atoms with E-state index in [1.54, 1.807) is 0 Å². The average molecular weight is 258 g/mol. The lowest BCUT2D eigenvalue weighted by molar-refractivity contribution is -0.156. The van der Waals surface area contributed by atoms with Crippen LogP contribution in [0.1, 0.15) is 13.3 Å². The molecule has 92 valence electrons. The highest BCUT2D eigenvalue weighted by Gasteiger charge is 2.44. The molecule has 0 aromatic heterocycles. The second kappa shape index (κ2) is 4.63. The molecule has 1 N–H and O–H groups in total. The molecule has 1 aliphatic rings. The SMILES string of the molecule is CCC1(C(=O)Nc2ccc(F)c(Cl)c2)COC1. The van der Waals surface area contributed by atoms with E-state index in [1.165, 1.54) is 18.2 Å². The fourth-order valence-corrected chi connectivity index (χ4v) is 1.86. The monoisotopic (exact) mass is 257 g/mol. The van der Waals surface area contributed by atoms with Crippen LogP contribution in [0.5, 0.6) is 0 Å². The number of carbonyl (C=O) groups is 1. The predicted molar refractivity (Wildman–Crippen MR) is 63.6 cm³/mol. The van der Waals surface area contributed by atoms with Crippen molar-refractivity contribution in [3.05, 3.63) is 29.0 Å². The number of hydrogen-bond acceptors (Lipinski definition) is 2. The van der Waals surface area contributed by atoms with Crippen molar-refractivity contribution >= 4 is 23.2 Å². The zero-order chi connectivity index (χ0) is 12.5. The highest BCUT2D eigenvalue weighted by Crippen LogP contribution is 2.33. The van der Waals surface area contributed by atoms with Crippen LogP contribution < -0.4 is 5.32 Å². The van der Waals surface area contributed by atoms with Crippen molar-refractivity contribution in [2.45, 2.75) is 13.3 Å². The number of rotatable bonds is 3. The Labute approximate surface area is 104 Å². The first kappa shape index (κ1) is 12.3. The minimum absolute atomic E-state index is 0.00166. The Bertz CT molecular complexity index is 441. The van der Waals surface area contributed by atoms with E-state index in [1.807, 2.05) is 6.92 Å². The number of carbonyl (C=O) groups excluding carboxylic acids is 1. The zero-order valence-electron chi connectivity index (χ0n) is 9.43. The van der Waals surface area contributed by atoms with Gasteiger partial charge in [0.1, 0.15) is 5.82 Å². The maximum atomic E-state index is 12.9. The second-order valence-corrected chi connectivity index (χ2v) is 4.62. The van der Waals surface area contributed by atoms with Crippen LogP contribution in [0, 0.1) is 11.2 Å². The van der Waals surface area contributed by atoms with Gasteiger partial charge in [-0.25, -0.2) is 4.39 Å². The standard InChI is InChI=1S/C12H13ClFNO2/c1-2-12(6-17-7-12)11(16)15-8-3-4-10(14)9(13)5-8/h3-5H,2,6-7H2,1H3,(H,15,16). The molecule has 0 saturated carbocycles. The third kappa shape index (κ3) is 2.28. The molecular formula is C12H13ClFNO2. The molecule has 1 fully saturated rings. The van der Waals surface area contributed by atoms with Crippen molar-refractivity contribution in [2.75, 3.05) is 18.5 Å². The Hall–Kier alpha value is -1.13. The fraction of sp³-hybridized carbons (Fsp3) is 0.417. The molecule has 0 atom stereocenters. The summed E-state index contributed by atoms with van der Waals surface area (Å²) in [5, 5.41) is 2.73. The van der Waals surface area contributed by atoms with Gasteiger partial charge in [0.15, 0.2) is 0 Å². The summed E-state index contributed by atoms with van der Waals surface area (Å²) in [6.45, 7) is 2.81. The molecule has 0 aliphatic carbocycles. The van der Waals surface area contributed by atoms with Gasteiger partial charge in [0, 0.05) is 5.69 Å². The van der Waals surface area contributed by atoms with Gasteiger partial charge in [-0.1, -0.05) is 18.5 Å². The van der Waals surface area contributed by atoms with Gasteiger partial charge in [-0.15, -0.1) is 0 Å². The summed E-state index contributed by atoms with van der Waals surface area (Å²) >= 11 is 5.64. The highest BCUT2D eigenvalue weighted by atomic mass is 35.5. The Morgan fingerprint density at radius 1 is 1.59 bits per heavy atom. The number of ether oxygens (including phenoxy) is 1. The molecule has 0 spiro atoms. The summed E-state index contributed by atoms with van der Waals surface area (Å²) in [6.07, 6.45) is 0.716. The van der Waals surface area contributed by atoms with Crippen molar-refractivity contribution in [2.24, 2.45) is 5.41 Å². The average Bonchev–Trinajstić information content (AvgIpc) is 2.23. The van der Waals surface area contributed by atoms with Crippen LogP contribution in [-0.4, -0.2) is 19.1 Å². The molecule has 5 heteroatoms. The summed E-state index contributed by atoms with van der Waals surface area (Å²) in [7, 11) is 0. The predicted octanol–water partition coefficient (Wildman–Crippen LogP) is 2.84. The molecule has 1 saturated heterocycles. The van der Waals surface area contributed by atoms with E-state index in [2.05, 4.69) is 5.32 Å². The topological polar surface area (TPSA) is 38.3 Å². The van der Waals surface area contributed by atoms with Gasteiger partial charge in [0.25, 0.3) is 0 Å². The molecule has 1 amide bonds. The molecule has 1 aliphatic heterocycles. The van der Waals surface area contributed by atoms with Crippen LogP contribution in [0.2, 0.25) is 5.02 Å². The van der Waals surface area contributed by atoms with Crippen molar-refractivity contribution in [1.29, 1.82) is 0 Å². The third-order valence-corrected chi connectivity index (χ3v) is 3.38. The van der Waals surface area contributed by atoms with Crippen LogP contribution in [0.4, 0.5) is 10.1 Å². The molecular weight excluding hydrogens is 245 g/mol. The van der Waals surface area contributed by atoms with Gasteiger partial charge in [-0.05, 0) is 24.6 Å². The lowest BCUT2D eigenvalue weighted by Crippen LogP contribution is -2.51. The van der Waals surface area contributed by atoms with E-state index in [0.717, 1.165) is 0 Å². The smallest absolute Gasteiger partial charge is 0.235 e. The minimum Gasteiger partial charge on any atom is -0.379 e. The fourth-order valence-electron chi connectivity index (χ4n) is 1.68. The van der Waals surface area contributed by atoms with Crippen LogP contribution >= 0.6 is 11.6 Å². The Balaban J connectivity index is 2.10. The number of amides is 1. The Kier molecular flexibility index (Phi) is 3.35. The first-order valence-corrected chi connectivity index (χ1v) is 5.79. The summed E-state index contributed by atoms with van der Waals surface area (Å²) < 4.78 is 18.0. The van der Waals surface area contributed by atoms with Gasteiger partial charge in [-0.2, -0.15) is 0 Å². The molecule has 0 bridgehead atoms. The first-order valence-electron chi connectivity index (χ1n) is 5.42. The molecule has 2 rings (SSSR count). The van der Waals surface area contributed by atoms with E-state index in [-0.39, 0.29) is 10.9 Å². The normalized spacial score (nSPS) is 17.4. The van der Waals surface area contributed by atoms with Crippen LogP contribution in [0.25, 0.3) is 0 Å². The number of anilines is 1. The zero-order valence-corrected chi connectivity index (χ0v) is 10.2. The third-order valence-electron chi connectivity index (χ3n) is 3.09. The van der Waals surface area contributed by atoms with Gasteiger partial charge < -0.3 is 10.1 Å². The molecule has 1 aromatic rings.